The van der Waals surface area contributed by atoms with E-state index in [-0.39, 0.29) is 47.6 Å². The summed E-state index contributed by atoms with van der Waals surface area (Å²) in [4.78, 5) is 13.6. The van der Waals surface area contributed by atoms with Crippen molar-refractivity contribution >= 4 is 5.78 Å². The van der Waals surface area contributed by atoms with Gasteiger partial charge in [0.2, 0.25) is 0 Å². The molecule has 1 heterocycles. The molecule has 4 fully saturated rings. The molecular weight excluding hydrogens is 472 g/mol. The molecule has 210 valence electrons. The number of hydrogen-bond acceptors (Lipinski definition) is 7. The van der Waals surface area contributed by atoms with Crippen LogP contribution in [0, 0.1) is 28.6 Å². The molecule has 7 heteroatoms. The quantitative estimate of drug-likeness (QED) is 0.437. The molecule has 0 aromatic carbocycles. The zero-order valence-corrected chi connectivity index (χ0v) is 23.7. The standard InChI is InChI=1S/C30H48O7/c1-25(2,33)11-10-24(32)29(7,34)23-9-13-30(35)18-14-20(31)19-15-21-22(37-26(3,4)36-21)16-27(19,5)17(18)8-12-28(23,30)6/h14,17,19,21-24,32-35H,8-13,15-16H2,1-7H3/t17?,19?,21?,22?,23-,24+,27+,28+,29?,30+/m0/s1. The van der Waals surface area contributed by atoms with E-state index in [0.717, 1.165) is 18.4 Å². The number of ether oxygens (including phenoxy) is 2. The number of rotatable bonds is 5. The summed E-state index contributed by atoms with van der Waals surface area (Å²) in [5, 5.41) is 45.3. The molecule has 37 heavy (non-hydrogen) atoms. The van der Waals surface area contributed by atoms with E-state index in [9.17, 15) is 25.2 Å². The lowest BCUT2D eigenvalue weighted by atomic mass is 9.45. The Balaban J connectivity index is 1.44. The average Bonchev–Trinajstić information content (AvgIpc) is 3.21. The van der Waals surface area contributed by atoms with Crippen LogP contribution >= 0.6 is 0 Å². The second-order valence-electron chi connectivity index (χ2n) is 14.8. The monoisotopic (exact) mass is 520 g/mol. The van der Waals surface area contributed by atoms with Crippen LogP contribution in [0.4, 0.5) is 0 Å². The van der Waals surface area contributed by atoms with Gasteiger partial charge in [0.1, 0.15) is 0 Å². The largest absolute Gasteiger partial charge is 0.390 e. The molecule has 5 rings (SSSR count). The predicted octanol–water partition coefficient (Wildman–Crippen LogP) is 3.65. The van der Waals surface area contributed by atoms with Gasteiger partial charge in [0.05, 0.1) is 35.1 Å². The van der Waals surface area contributed by atoms with E-state index in [1.165, 1.54) is 0 Å². The van der Waals surface area contributed by atoms with Gasteiger partial charge in [-0.2, -0.15) is 0 Å². The highest BCUT2D eigenvalue weighted by Gasteiger charge is 2.69. The SMILES string of the molecule is CC(C)(O)CC[C@@H](O)C(C)(O)[C@H]1CC[C@@]2(O)C3=CC(=O)C4CC5OC(C)(C)OC5C[C@]4(C)C3CC[C@]12C. The van der Waals surface area contributed by atoms with Crippen LogP contribution in [0.5, 0.6) is 0 Å². The van der Waals surface area contributed by atoms with Crippen molar-refractivity contribution in [1.29, 1.82) is 0 Å². The zero-order valence-electron chi connectivity index (χ0n) is 23.7. The Labute approximate surface area is 221 Å². The number of ketones is 1. The molecule has 0 radical (unpaired) electrons. The lowest BCUT2D eigenvalue weighted by molar-refractivity contribution is -0.174. The summed E-state index contributed by atoms with van der Waals surface area (Å²) in [7, 11) is 0. The highest BCUT2D eigenvalue weighted by Crippen LogP contribution is 2.69. The lowest BCUT2D eigenvalue weighted by Gasteiger charge is -2.60. The fourth-order valence-corrected chi connectivity index (χ4v) is 9.28. The van der Waals surface area contributed by atoms with E-state index < -0.39 is 34.1 Å². The minimum atomic E-state index is -1.43. The molecule has 0 aromatic heterocycles. The molecule has 0 aromatic rings. The van der Waals surface area contributed by atoms with Crippen LogP contribution < -0.4 is 0 Å². The van der Waals surface area contributed by atoms with Gasteiger partial charge in [-0.15, -0.1) is 0 Å². The van der Waals surface area contributed by atoms with Crippen LogP contribution in [0.3, 0.4) is 0 Å². The van der Waals surface area contributed by atoms with Crippen molar-refractivity contribution in [2.24, 2.45) is 28.6 Å². The third-order valence-corrected chi connectivity index (χ3v) is 11.4. The van der Waals surface area contributed by atoms with E-state index in [4.69, 9.17) is 9.47 Å². The zero-order chi connectivity index (χ0) is 27.4. The van der Waals surface area contributed by atoms with Crippen molar-refractivity contribution in [3.8, 4) is 0 Å². The molecule has 0 amide bonds. The predicted molar refractivity (Wildman–Crippen MR) is 138 cm³/mol. The van der Waals surface area contributed by atoms with Gasteiger partial charge >= 0.3 is 0 Å². The lowest BCUT2D eigenvalue weighted by Crippen LogP contribution is -2.62. The second kappa shape index (κ2) is 8.34. The topological polar surface area (TPSA) is 116 Å². The van der Waals surface area contributed by atoms with E-state index in [2.05, 4.69) is 6.92 Å². The van der Waals surface area contributed by atoms with Crippen LogP contribution in [0.1, 0.15) is 99.8 Å². The van der Waals surface area contributed by atoms with Gasteiger partial charge in [-0.05, 0) is 115 Å². The van der Waals surface area contributed by atoms with Gasteiger partial charge < -0.3 is 29.9 Å². The van der Waals surface area contributed by atoms with Crippen molar-refractivity contribution in [2.75, 3.05) is 0 Å². The summed E-state index contributed by atoms with van der Waals surface area (Å²) in [5.74, 6) is -1.02. The van der Waals surface area contributed by atoms with Crippen LogP contribution in [-0.2, 0) is 14.3 Å². The van der Waals surface area contributed by atoms with Gasteiger partial charge in [0, 0.05) is 11.3 Å². The molecule has 7 nitrogen and oxygen atoms in total. The van der Waals surface area contributed by atoms with Gasteiger partial charge in [-0.1, -0.05) is 13.8 Å². The summed E-state index contributed by atoms with van der Waals surface area (Å²) >= 11 is 0. The first kappa shape index (κ1) is 27.7. The van der Waals surface area contributed by atoms with Crippen LogP contribution in [0.25, 0.3) is 0 Å². The molecular formula is C30H48O7. The second-order valence-corrected chi connectivity index (χ2v) is 14.8. The molecule has 1 aliphatic heterocycles. The number of carbonyl (C=O) groups is 1. The Bertz CT molecular complexity index is 979. The third-order valence-electron chi connectivity index (χ3n) is 11.4. The number of fused-ring (bicyclic) bond motifs is 6. The summed E-state index contributed by atoms with van der Waals surface area (Å²) in [5.41, 5.74) is -3.75. The molecule has 3 saturated carbocycles. The van der Waals surface area contributed by atoms with Gasteiger partial charge in [0.15, 0.2) is 11.6 Å². The first-order valence-electron chi connectivity index (χ1n) is 14.3. The maximum atomic E-state index is 13.6. The van der Waals surface area contributed by atoms with Gasteiger partial charge in [-0.3, -0.25) is 4.79 Å². The Morgan fingerprint density at radius 1 is 1.03 bits per heavy atom. The van der Waals surface area contributed by atoms with Crippen LogP contribution in [0.2, 0.25) is 0 Å². The molecule has 0 bridgehead atoms. The number of allylic oxidation sites excluding steroid dienone is 1. The molecule has 5 aliphatic rings. The normalized spacial score (nSPS) is 47.3. The molecule has 4 aliphatic carbocycles. The van der Waals surface area contributed by atoms with E-state index in [0.29, 0.717) is 32.1 Å². The molecule has 4 N–H and O–H groups in total. The van der Waals surface area contributed by atoms with Crippen molar-refractivity contribution in [1.82, 2.24) is 0 Å². The number of hydrogen-bond donors (Lipinski definition) is 4. The van der Waals surface area contributed by atoms with Crippen LogP contribution in [0.15, 0.2) is 11.6 Å². The summed E-state index contributed by atoms with van der Waals surface area (Å²) in [6, 6.07) is 0. The highest BCUT2D eigenvalue weighted by molar-refractivity contribution is 5.95. The summed E-state index contributed by atoms with van der Waals surface area (Å²) < 4.78 is 12.4. The summed E-state index contributed by atoms with van der Waals surface area (Å²) in [6.07, 6.45) is 5.11. The number of aliphatic hydroxyl groups is 4. The van der Waals surface area contributed by atoms with Crippen molar-refractivity contribution < 1.29 is 34.7 Å². The Hall–Kier alpha value is -0.830. The number of carbonyl (C=O) groups excluding carboxylic acids is 1. The third kappa shape index (κ3) is 4.10. The molecule has 5 unspecified atom stereocenters. The van der Waals surface area contributed by atoms with Gasteiger partial charge in [0.25, 0.3) is 0 Å². The molecule has 0 spiro atoms. The van der Waals surface area contributed by atoms with E-state index in [1.807, 2.05) is 20.8 Å². The number of aliphatic hydroxyl groups excluding tert-OH is 1. The maximum Gasteiger partial charge on any atom is 0.163 e. The highest BCUT2D eigenvalue weighted by atomic mass is 16.7. The smallest absolute Gasteiger partial charge is 0.163 e. The van der Waals surface area contributed by atoms with Crippen molar-refractivity contribution in [3.63, 3.8) is 0 Å². The van der Waals surface area contributed by atoms with E-state index in [1.54, 1.807) is 26.8 Å². The van der Waals surface area contributed by atoms with Crippen molar-refractivity contribution in [2.45, 2.75) is 141 Å². The maximum absolute atomic E-state index is 13.6. The minimum absolute atomic E-state index is 0.0605. The first-order valence-corrected chi connectivity index (χ1v) is 14.3. The average molecular weight is 521 g/mol. The van der Waals surface area contributed by atoms with Gasteiger partial charge in [-0.25, -0.2) is 0 Å². The minimum Gasteiger partial charge on any atom is -0.390 e. The van der Waals surface area contributed by atoms with Crippen LogP contribution in [-0.4, -0.2) is 67.1 Å². The fraction of sp³-hybridized carbons (Fsp3) is 0.900. The fourth-order valence-electron chi connectivity index (χ4n) is 9.28. The Morgan fingerprint density at radius 2 is 1.68 bits per heavy atom. The Kier molecular flexibility index (Phi) is 6.25. The van der Waals surface area contributed by atoms with Crippen molar-refractivity contribution in [3.05, 3.63) is 11.6 Å². The summed E-state index contributed by atoms with van der Waals surface area (Å²) in [6.45, 7) is 13.2. The molecule has 1 saturated heterocycles. The first-order chi connectivity index (χ1) is 16.8. The molecule has 10 atom stereocenters. The Morgan fingerprint density at radius 3 is 2.32 bits per heavy atom. The van der Waals surface area contributed by atoms with E-state index >= 15 is 0 Å².